The van der Waals surface area contributed by atoms with Gasteiger partial charge in [0.25, 0.3) is 0 Å². The van der Waals surface area contributed by atoms with Crippen LogP contribution in [0.15, 0.2) is 34.0 Å². The summed E-state index contributed by atoms with van der Waals surface area (Å²) >= 11 is 3.61. The van der Waals surface area contributed by atoms with Gasteiger partial charge in [0, 0.05) is 35.8 Å². The van der Waals surface area contributed by atoms with Gasteiger partial charge in [0.2, 0.25) is 15.0 Å². The highest BCUT2D eigenvalue weighted by molar-refractivity contribution is 9.10. The molecule has 0 saturated carbocycles. The van der Waals surface area contributed by atoms with Gasteiger partial charge in [0.05, 0.1) is 36.3 Å². The molecule has 1 atom stereocenters. The fourth-order valence-electron chi connectivity index (χ4n) is 5.43. The number of sulfone groups is 1. The van der Waals surface area contributed by atoms with E-state index in [0.29, 0.717) is 25.4 Å². The van der Waals surface area contributed by atoms with Gasteiger partial charge in [-0.15, -0.1) is 5.10 Å². The Morgan fingerprint density at radius 1 is 1.18 bits per heavy atom. The van der Waals surface area contributed by atoms with Crippen molar-refractivity contribution < 1.29 is 13.2 Å². The number of benzene rings is 1. The summed E-state index contributed by atoms with van der Waals surface area (Å²) < 4.78 is 34.7. The minimum absolute atomic E-state index is 0.126. The Morgan fingerprint density at radius 3 is 2.91 bits per heavy atom. The molecule has 1 aliphatic carbocycles. The molecule has 0 fully saturated rings. The van der Waals surface area contributed by atoms with Crippen molar-refractivity contribution in [3.8, 4) is 0 Å². The van der Waals surface area contributed by atoms with Crippen molar-refractivity contribution in [1.82, 2.24) is 25.0 Å². The second kappa shape index (κ2) is 8.10. The van der Waals surface area contributed by atoms with E-state index in [4.69, 9.17) is 4.74 Å². The molecule has 0 saturated heterocycles. The van der Waals surface area contributed by atoms with E-state index in [1.54, 1.807) is 6.20 Å². The zero-order valence-electron chi connectivity index (χ0n) is 18.9. The van der Waals surface area contributed by atoms with Gasteiger partial charge >= 0.3 is 0 Å². The van der Waals surface area contributed by atoms with E-state index in [-0.39, 0.29) is 5.16 Å². The van der Waals surface area contributed by atoms with E-state index in [2.05, 4.69) is 59.3 Å². The molecule has 3 aromatic rings. The Kier molecular flexibility index (Phi) is 5.27. The minimum atomic E-state index is -3.59. The van der Waals surface area contributed by atoms with Crippen LogP contribution in [0.1, 0.15) is 47.3 Å². The molecule has 2 aromatic heterocycles. The fraction of sp³-hybridized carbons (Fsp3) is 0.478. The molecule has 3 aliphatic rings. The maximum atomic E-state index is 12.6. The number of anilines is 1. The Morgan fingerprint density at radius 2 is 2.06 bits per heavy atom. The molecule has 0 radical (unpaired) electrons. The summed E-state index contributed by atoms with van der Waals surface area (Å²) in [7, 11) is -3.59. The number of rotatable bonds is 2. The summed E-state index contributed by atoms with van der Waals surface area (Å²) in [6.07, 6.45) is 7.21. The lowest BCUT2D eigenvalue weighted by molar-refractivity contribution is -0.0856. The zero-order valence-corrected chi connectivity index (χ0v) is 21.3. The third kappa shape index (κ3) is 3.74. The molecule has 0 N–H and O–H groups in total. The van der Waals surface area contributed by atoms with Crippen LogP contribution in [0.3, 0.4) is 0 Å². The predicted molar refractivity (Wildman–Crippen MR) is 128 cm³/mol. The van der Waals surface area contributed by atoms with E-state index >= 15 is 0 Å². The normalized spacial score (nSPS) is 22.1. The predicted octanol–water partition coefficient (Wildman–Crippen LogP) is 2.95. The fourth-order valence-corrected chi connectivity index (χ4v) is 6.32. The number of aryl methyl sites for hydroxylation is 2. The number of hydrogen-bond donors (Lipinski definition) is 0. The maximum Gasteiger partial charge on any atom is 0.249 e. The first-order chi connectivity index (χ1) is 16.3. The maximum absolute atomic E-state index is 12.6. The van der Waals surface area contributed by atoms with Crippen molar-refractivity contribution in [1.29, 1.82) is 0 Å². The number of halogens is 1. The molecule has 11 heteroatoms. The highest BCUT2D eigenvalue weighted by Crippen LogP contribution is 2.46. The van der Waals surface area contributed by atoms with Gasteiger partial charge in [-0.1, -0.05) is 27.2 Å². The Labute approximate surface area is 206 Å². The molecule has 0 amide bonds. The number of fused-ring (bicyclic) bond motifs is 4. The molecular weight excluding hydrogens is 520 g/mol. The van der Waals surface area contributed by atoms with Crippen molar-refractivity contribution in [3.63, 3.8) is 0 Å². The average Bonchev–Trinajstić information content (AvgIpc) is 3.15. The topological polar surface area (TPSA) is 103 Å². The van der Waals surface area contributed by atoms with Crippen molar-refractivity contribution in [2.45, 2.75) is 62.6 Å². The summed E-state index contributed by atoms with van der Waals surface area (Å²) in [4.78, 5) is 11.3. The van der Waals surface area contributed by atoms with Gasteiger partial charge < -0.3 is 9.64 Å². The van der Waals surface area contributed by atoms with Gasteiger partial charge in [-0.3, -0.25) is 0 Å². The van der Waals surface area contributed by atoms with Crippen LogP contribution in [0, 0.1) is 0 Å². The van der Waals surface area contributed by atoms with Gasteiger partial charge in [0.1, 0.15) is 5.82 Å². The van der Waals surface area contributed by atoms with Crippen molar-refractivity contribution in [2.75, 3.05) is 17.7 Å². The van der Waals surface area contributed by atoms with Gasteiger partial charge in [-0.25, -0.2) is 23.1 Å². The standard InChI is InChI=1S/C23H25BrN6O3S/c1-34(31,32)22-26-20-11-23(7-2-4-15-5-6-16(24)10-19(15)23)33-14-18(20)21(27-22)29-8-3-9-30-17(13-29)12-25-28-30/h5-6,10,12H,2-4,7-9,11,13-14H2,1H3. The molecule has 6 rings (SSSR count). The Balaban J connectivity index is 1.47. The molecule has 0 bridgehead atoms. The molecule has 34 heavy (non-hydrogen) atoms. The lowest BCUT2D eigenvalue weighted by Crippen LogP contribution is -2.41. The Hall–Kier alpha value is -2.37. The highest BCUT2D eigenvalue weighted by Gasteiger charge is 2.43. The van der Waals surface area contributed by atoms with Crippen LogP contribution < -0.4 is 4.90 Å². The lowest BCUT2D eigenvalue weighted by atomic mass is 9.75. The van der Waals surface area contributed by atoms with E-state index in [1.165, 1.54) is 17.4 Å². The molecule has 1 unspecified atom stereocenters. The largest absolute Gasteiger partial charge is 0.365 e. The Bertz CT molecular complexity index is 1390. The second-order valence-electron chi connectivity index (χ2n) is 9.37. The molecule has 1 aromatic carbocycles. The monoisotopic (exact) mass is 544 g/mol. The highest BCUT2D eigenvalue weighted by atomic mass is 79.9. The first kappa shape index (κ1) is 22.1. The van der Waals surface area contributed by atoms with Crippen LogP contribution in [-0.4, -0.2) is 46.2 Å². The molecule has 178 valence electrons. The smallest absolute Gasteiger partial charge is 0.249 e. The van der Waals surface area contributed by atoms with Crippen molar-refractivity contribution in [3.05, 3.63) is 56.9 Å². The summed E-state index contributed by atoms with van der Waals surface area (Å²) in [6.45, 7) is 2.40. The minimum Gasteiger partial charge on any atom is -0.365 e. The molecule has 2 aliphatic heterocycles. The van der Waals surface area contributed by atoms with Crippen LogP contribution >= 0.6 is 15.9 Å². The van der Waals surface area contributed by atoms with Crippen LogP contribution in [0.25, 0.3) is 0 Å². The third-order valence-electron chi connectivity index (χ3n) is 7.07. The molecule has 9 nitrogen and oxygen atoms in total. The zero-order chi connectivity index (χ0) is 23.5. The number of aromatic nitrogens is 5. The van der Waals surface area contributed by atoms with E-state index < -0.39 is 15.4 Å². The number of ether oxygens (including phenoxy) is 1. The number of hydrogen-bond acceptors (Lipinski definition) is 8. The third-order valence-corrected chi connectivity index (χ3v) is 8.40. The van der Waals surface area contributed by atoms with Crippen LogP contribution in [-0.2, 0) is 52.7 Å². The van der Waals surface area contributed by atoms with E-state index in [1.807, 2.05) is 4.68 Å². The van der Waals surface area contributed by atoms with Gasteiger partial charge in [-0.2, -0.15) is 0 Å². The van der Waals surface area contributed by atoms with Gasteiger partial charge in [0.15, 0.2) is 0 Å². The number of nitrogens with zero attached hydrogens (tertiary/aromatic N) is 6. The summed E-state index contributed by atoms with van der Waals surface area (Å²) in [5.41, 5.74) is 4.56. The molecular formula is C23H25BrN6O3S. The summed E-state index contributed by atoms with van der Waals surface area (Å²) in [6, 6.07) is 6.36. The first-order valence-corrected chi connectivity index (χ1v) is 14.2. The first-order valence-electron chi connectivity index (χ1n) is 11.5. The van der Waals surface area contributed by atoms with Crippen molar-refractivity contribution >= 4 is 31.6 Å². The quantitative estimate of drug-likeness (QED) is 0.453. The SMILES string of the molecule is CS(=O)(=O)c1nc2c(c(N3CCCn4nncc4C3)n1)COC1(CCCc3ccc(Br)cc31)C2. The summed E-state index contributed by atoms with van der Waals surface area (Å²) in [5, 5.41) is 8.06. The average molecular weight is 545 g/mol. The van der Waals surface area contributed by atoms with Crippen LogP contribution in [0.4, 0.5) is 5.82 Å². The van der Waals surface area contributed by atoms with E-state index in [0.717, 1.165) is 60.2 Å². The second-order valence-corrected chi connectivity index (χ2v) is 12.2. The molecule has 1 spiro atoms. The van der Waals surface area contributed by atoms with E-state index in [9.17, 15) is 8.42 Å². The van der Waals surface area contributed by atoms with Crippen LogP contribution in [0.2, 0.25) is 0 Å². The molecule has 4 heterocycles. The summed E-state index contributed by atoms with van der Waals surface area (Å²) in [5.74, 6) is 0.639. The lowest BCUT2D eigenvalue weighted by Gasteiger charge is -2.43. The van der Waals surface area contributed by atoms with Crippen LogP contribution in [0.5, 0.6) is 0 Å². The van der Waals surface area contributed by atoms with Gasteiger partial charge in [-0.05, 0) is 48.9 Å². The van der Waals surface area contributed by atoms with Crippen molar-refractivity contribution in [2.24, 2.45) is 0 Å².